The molecule has 1 aliphatic rings. The molecule has 19 heavy (non-hydrogen) atoms. The van der Waals surface area contributed by atoms with Crippen LogP contribution in [0.1, 0.15) is 59.3 Å². The van der Waals surface area contributed by atoms with Crippen molar-refractivity contribution in [2.75, 3.05) is 19.7 Å². The molecular formula is C15H29NO3. The zero-order chi connectivity index (χ0) is 14.4. The van der Waals surface area contributed by atoms with Gasteiger partial charge in [-0.3, -0.25) is 4.79 Å². The van der Waals surface area contributed by atoms with Crippen LogP contribution in [0.5, 0.6) is 0 Å². The highest BCUT2D eigenvalue weighted by Crippen LogP contribution is 2.39. The first-order valence-electron chi connectivity index (χ1n) is 7.46. The van der Waals surface area contributed by atoms with Crippen LogP contribution < -0.4 is 5.32 Å². The van der Waals surface area contributed by atoms with Crippen molar-refractivity contribution in [2.24, 2.45) is 5.41 Å². The first-order valence-corrected chi connectivity index (χ1v) is 7.46. The van der Waals surface area contributed by atoms with Gasteiger partial charge >= 0.3 is 5.97 Å². The van der Waals surface area contributed by atoms with E-state index in [4.69, 9.17) is 4.74 Å². The highest BCUT2D eigenvalue weighted by atomic mass is 16.5. The van der Waals surface area contributed by atoms with Gasteiger partial charge in [-0.1, -0.05) is 27.2 Å². The second-order valence-electron chi connectivity index (χ2n) is 6.57. The third-order valence-electron chi connectivity index (χ3n) is 4.02. The molecular weight excluding hydrogens is 242 g/mol. The van der Waals surface area contributed by atoms with Crippen LogP contribution in [-0.2, 0) is 9.53 Å². The minimum atomic E-state index is -0.654. The SMILES string of the molecule is CCCCOC(=O)CNCC1(O)CCC(C)(C)CC1. The van der Waals surface area contributed by atoms with Gasteiger partial charge in [-0.05, 0) is 37.5 Å². The second-order valence-corrected chi connectivity index (χ2v) is 6.57. The van der Waals surface area contributed by atoms with E-state index in [1.807, 2.05) is 0 Å². The van der Waals surface area contributed by atoms with Gasteiger partial charge in [-0.2, -0.15) is 0 Å². The molecule has 112 valence electrons. The number of unbranched alkanes of at least 4 members (excludes halogenated alkanes) is 1. The third kappa shape index (κ3) is 6.39. The molecule has 0 aromatic carbocycles. The number of hydrogen-bond donors (Lipinski definition) is 2. The standard InChI is InChI=1S/C15H29NO3/c1-4-5-10-19-13(17)11-16-12-15(18)8-6-14(2,3)7-9-15/h16,18H,4-12H2,1-3H3. The largest absolute Gasteiger partial charge is 0.465 e. The molecule has 1 rings (SSSR count). The van der Waals surface area contributed by atoms with E-state index in [1.165, 1.54) is 0 Å². The van der Waals surface area contributed by atoms with Crippen LogP contribution in [0.2, 0.25) is 0 Å². The van der Waals surface area contributed by atoms with Crippen molar-refractivity contribution in [3.05, 3.63) is 0 Å². The lowest BCUT2D eigenvalue weighted by atomic mass is 9.71. The average molecular weight is 271 g/mol. The molecule has 1 aliphatic carbocycles. The summed E-state index contributed by atoms with van der Waals surface area (Å²) in [5.41, 5.74) is -0.315. The van der Waals surface area contributed by atoms with Gasteiger partial charge < -0.3 is 15.2 Å². The molecule has 0 saturated heterocycles. The van der Waals surface area contributed by atoms with Crippen molar-refractivity contribution in [1.82, 2.24) is 5.32 Å². The Morgan fingerprint density at radius 3 is 2.47 bits per heavy atom. The van der Waals surface area contributed by atoms with Gasteiger partial charge in [0.1, 0.15) is 0 Å². The fourth-order valence-corrected chi connectivity index (χ4v) is 2.35. The van der Waals surface area contributed by atoms with Crippen molar-refractivity contribution >= 4 is 5.97 Å². The number of aliphatic hydroxyl groups is 1. The topological polar surface area (TPSA) is 58.6 Å². The van der Waals surface area contributed by atoms with Crippen molar-refractivity contribution in [3.8, 4) is 0 Å². The Kier molecular flexibility index (Phi) is 6.27. The summed E-state index contributed by atoms with van der Waals surface area (Å²) in [6.45, 7) is 7.71. The van der Waals surface area contributed by atoms with Gasteiger partial charge in [0.15, 0.2) is 0 Å². The number of hydrogen-bond acceptors (Lipinski definition) is 4. The Morgan fingerprint density at radius 2 is 1.89 bits per heavy atom. The molecule has 4 nitrogen and oxygen atoms in total. The van der Waals surface area contributed by atoms with Gasteiger partial charge in [0, 0.05) is 6.54 Å². The van der Waals surface area contributed by atoms with Crippen LogP contribution in [0.3, 0.4) is 0 Å². The molecule has 0 heterocycles. The fraction of sp³-hybridized carbons (Fsp3) is 0.933. The van der Waals surface area contributed by atoms with Gasteiger partial charge in [0.25, 0.3) is 0 Å². The first kappa shape index (κ1) is 16.4. The Bertz CT molecular complexity index is 279. The van der Waals surface area contributed by atoms with Crippen LogP contribution in [0.15, 0.2) is 0 Å². The number of carbonyl (C=O) groups is 1. The maximum atomic E-state index is 11.4. The third-order valence-corrected chi connectivity index (χ3v) is 4.02. The van der Waals surface area contributed by atoms with Crippen molar-refractivity contribution < 1.29 is 14.6 Å². The van der Waals surface area contributed by atoms with E-state index in [9.17, 15) is 9.90 Å². The van der Waals surface area contributed by atoms with E-state index in [2.05, 4.69) is 26.1 Å². The zero-order valence-corrected chi connectivity index (χ0v) is 12.6. The Labute approximate surface area is 116 Å². The van der Waals surface area contributed by atoms with Gasteiger partial charge in [-0.15, -0.1) is 0 Å². The molecule has 1 saturated carbocycles. The predicted molar refractivity (Wildman–Crippen MR) is 75.9 cm³/mol. The highest BCUT2D eigenvalue weighted by Gasteiger charge is 2.36. The number of esters is 1. The van der Waals surface area contributed by atoms with Crippen LogP contribution >= 0.6 is 0 Å². The van der Waals surface area contributed by atoms with Gasteiger partial charge in [-0.25, -0.2) is 0 Å². The highest BCUT2D eigenvalue weighted by molar-refractivity contribution is 5.71. The summed E-state index contributed by atoms with van der Waals surface area (Å²) in [7, 11) is 0. The zero-order valence-electron chi connectivity index (χ0n) is 12.6. The minimum absolute atomic E-state index is 0.190. The fourth-order valence-electron chi connectivity index (χ4n) is 2.35. The van der Waals surface area contributed by atoms with Gasteiger partial charge in [0.2, 0.25) is 0 Å². The molecule has 0 unspecified atom stereocenters. The summed E-state index contributed by atoms with van der Waals surface area (Å²) in [6, 6.07) is 0. The molecule has 0 amide bonds. The molecule has 0 radical (unpaired) electrons. The van der Waals surface area contributed by atoms with Crippen molar-refractivity contribution in [3.63, 3.8) is 0 Å². The summed E-state index contributed by atoms with van der Waals surface area (Å²) in [5.74, 6) is -0.229. The van der Waals surface area contributed by atoms with E-state index < -0.39 is 5.60 Å². The molecule has 1 fully saturated rings. The van der Waals surface area contributed by atoms with Crippen LogP contribution in [0, 0.1) is 5.41 Å². The number of rotatable bonds is 7. The van der Waals surface area contributed by atoms with Crippen LogP contribution in [0.4, 0.5) is 0 Å². The molecule has 0 aromatic heterocycles. The first-order chi connectivity index (χ1) is 8.87. The summed E-state index contributed by atoms with van der Waals surface area (Å²) in [4.78, 5) is 11.4. The lowest BCUT2D eigenvalue weighted by molar-refractivity contribution is -0.142. The lowest BCUT2D eigenvalue weighted by Gasteiger charge is -2.40. The lowest BCUT2D eigenvalue weighted by Crippen LogP contribution is -2.46. The molecule has 0 bridgehead atoms. The summed E-state index contributed by atoms with van der Waals surface area (Å²) < 4.78 is 5.05. The summed E-state index contributed by atoms with van der Waals surface area (Å²) in [6.07, 6.45) is 5.61. The van der Waals surface area contributed by atoms with Crippen LogP contribution in [-0.4, -0.2) is 36.4 Å². The maximum Gasteiger partial charge on any atom is 0.319 e. The molecule has 0 atom stereocenters. The van der Waals surface area contributed by atoms with Crippen molar-refractivity contribution in [1.29, 1.82) is 0 Å². The number of carbonyl (C=O) groups excluding carboxylic acids is 1. The molecule has 0 aromatic rings. The molecule has 4 heteroatoms. The van der Waals surface area contributed by atoms with Crippen LogP contribution in [0.25, 0.3) is 0 Å². The summed E-state index contributed by atoms with van der Waals surface area (Å²) in [5, 5.41) is 13.4. The van der Waals surface area contributed by atoms with E-state index in [0.29, 0.717) is 18.6 Å². The molecule has 0 spiro atoms. The van der Waals surface area contributed by atoms with E-state index in [0.717, 1.165) is 38.5 Å². The number of ether oxygens (including phenoxy) is 1. The Morgan fingerprint density at radius 1 is 1.26 bits per heavy atom. The molecule has 2 N–H and O–H groups in total. The van der Waals surface area contributed by atoms with E-state index >= 15 is 0 Å². The monoisotopic (exact) mass is 271 g/mol. The quantitative estimate of drug-likeness (QED) is 0.551. The maximum absolute atomic E-state index is 11.4. The second kappa shape index (κ2) is 7.25. The molecule has 0 aliphatic heterocycles. The minimum Gasteiger partial charge on any atom is -0.465 e. The summed E-state index contributed by atoms with van der Waals surface area (Å²) >= 11 is 0. The average Bonchev–Trinajstić information content (AvgIpc) is 2.34. The Balaban J connectivity index is 2.16. The normalized spacial score (nSPS) is 21.1. The van der Waals surface area contributed by atoms with E-state index in [1.54, 1.807) is 0 Å². The Hall–Kier alpha value is -0.610. The van der Waals surface area contributed by atoms with Crippen molar-refractivity contribution in [2.45, 2.75) is 64.9 Å². The predicted octanol–water partition coefficient (Wildman–Crippen LogP) is 2.25. The van der Waals surface area contributed by atoms with E-state index in [-0.39, 0.29) is 12.5 Å². The number of nitrogens with one attached hydrogen (secondary N) is 1. The smallest absolute Gasteiger partial charge is 0.319 e. The van der Waals surface area contributed by atoms with Gasteiger partial charge in [0.05, 0.1) is 18.8 Å².